The first-order valence-corrected chi connectivity index (χ1v) is 3.79. The van der Waals surface area contributed by atoms with Crippen molar-refractivity contribution in [3.63, 3.8) is 0 Å². The van der Waals surface area contributed by atoms with E-state index in [4.69, 9.17) is 10.2 Å². The molecular weight excluding hydrogens is 225 g/mol. The smallest absolute Gasteiger partial charge is 0.377 e. The molecule has 0 aromatic heterocycles. The van der Waals surface area contributed by atoms with E-state index in [0.717, 1.165) is 0 Å². The number of rotatable bonds is 3. The standard InChI is InChI=1S/C8H4FNO6/c9-5-2-3(10(15)16)1-4(6(5)11)7(12)8(13)14/h1-2,11H,(H,13,14). The van der Waals surface area contributed by atoms with E-state index < -0.39 is 39.5 Å². The minimum atomic E-state index is -1.95. The number of non-ortho nitro benzene ring substituents is 1. The van der Waals surface area contributed by atoms with Crippen molar-refractivity contribution in [2.24, 2.45) is 0 Å². The maximum Gasteiger partial charge on any atom is 0.377 e. The zero-order valence-electron chi connectivity index (χ0n) is 7.51. The van der Waals surface area contributed by atoms with Crippen molar-refractivity contribution in [3.8, 4) is 5.75 Å². The number of nitrogens with zero attached hydrogens (tertiary/aromatic N) is 1. The number of hydrogen-bond donors (Lipinski definition) is 2. The topological polar surface area (TPSA) is 118 Å². The summed E-state index contributed by atoms with van der Waals surface area (Å²) in [5, 5.41) is 27.7. The summed E-state index contributed by atoms with van der Waals surface area (Å²) in [5.41, 5.74) is -1.78. The van der Waals surface area contributed by atoms with Crippen LogP contribution in [0.1, 0.15) is 10.4 Å². The van der Waals surface area contributed by atoms with Crippen LogP contribution < -0.4 is 0 Å². The summed E-state index contributed by atoms with van der Waals surface area (Å²) in [6.45, 7) is 0. The first-order chi connectivity index (χ1) is 7.34. The van der Waals surface area contributed by atoms with E-state index >= 15 is 0 Å². The number of phenolic OH excluding ortho intramolecular Hbond substituents is 1. The van der Waals surface area contributed by atoms with Gasteiger partial charge < -0.3 is 10.2 Å². The predicted octanol–water partition coefficient (Wildman–Crippen LogP) is 0.707. The number of hydrogen-bond acceptors (Lipinski definition) is 5. The molecule has 1 aromatic rings. The highest BCUT2D eigenvalue weighted by Crippen LogP contribution is 2.27. The van der Waals surface area contributed by atoms with Gasteiger partial charge in [-0.1, -0.05) is 0 Å². The minimum Gasteiger partial charge on any atom is -0.504 e. The Labute approximate surface area is 86.9 Å². The minimum absolute atomic E-state index is 0.383. The van der Waals surface area contributed by atoms with Gasteiger partial charge in [0.25, 0.3) is 11.5 Å². The number of Topliss-reactive ketones (excluding diaryl/α,β-unsaturated/α-hetero) is 1. The highest BCUT2D eigenvalue weighted by Gasteiger charge is 2.25. The Bertz CT molecular complexity index is 498. The third kappa shape index (κ3) is 1.95. The number of ketones is 1. The maximum atomic E-state index is 12.9. The highest BCUT2D eigenvalue weighted by molar-refractivity contribution is 6.40. The van der Waals surface area contributed by atoms with Gasteiger partial charge in [0.05, 0.1) is 16.6 Å². The molecule has 0 unspecified atom stereocenters. The molecule has 0 amide bonds. The van der Waals surface area contributed by atoms with Crippen LogP contribution in [-0.2, 0) is 4.79 Å². The van der Waals surface area contributed by atoms with Gasteiger partial charge in [0.15, 0.2) is 11.6 Å². The van der Waals surface area contributed by atoms with Crippen molar-refractivity contribution in [2.45, 2.75) is 0 Å². The van der Waals surface area contributed by atoms with Gasteiger partial charge in [-0.05, 0) is 0 Å². The van der Waals surface area contributed by atoms with E-state index in [1.165, 1.54) is 0 Å². The second-order valence-corrected chi connectivity index (χ2v) is 2.72. The zero-order valence-corrected chi connectivity index (χ0v) is 7.51. The summed E-state index contributed by atoms with van der Waals surface area (Å²) < 4.78 is 12.9. The summed E-state index contributed by atoms with van der Waals surface area (Å²) in [6.07, 6.45) is 0. The number of carboxylic acid groups (broad SMARTS) is 1. The van der Waals surface area contributed by atoms with Crippen molar-refractivity contribution >= 4 is 17.4 Å². The number of carbonyl (C=O) groups excluding carboxylic acids is 1. The second kappa shape index (κ2) is 3.93. The van der Waals surface area contributed by atoms with E-state index in [2.05, 4.69) is 0 Å². The molecule has 0 aliphatic rings. The molecule has 1 aromatic carbocycles. The summed E-state index contributed by atoms with van der Waals surface area (Å²) in [6, 6.07) is 0.878. The molecule has 0 bridgehead atoms. The molecule has 0 saturated carbocycles. The number of carboxylic acids is 1. The number of nitro benzene ring substituents is 1. The van der Waals surface area contributed by atoms with Crippen LogP contribution in [0, 0.1) is 15.9 Å². The fraction of sp³-hybridized carbons (Fsp3) is 0. The van der Waals surface area contributed by atoms with Crippen LogP contribution in [0.4, 0.5) is 10.1 Å². The molecule has 0 aliphatic carbocycles. The fourth-order valence-corrected chi connectivity index (χ4v) is 0.978. The quantitative estimate of drug-likeness (QED) is 0.341. The van der Waals surface area contributed by atoms with Gasteiger partial charge in [0.2, 0.25) is 0 Å². The van der Waals surface area contributed by atoms with Crippen molar-refractivity contribution < 1.29 is 29.1 Å². The van der Waals surface area contributed by atoms with E-state index in [1.54, 1.807) is 0 Å². The molecule has 8 heteroatoms. The normalized spacial score (nSPS) is 9.81. The number of phenols is 1. The van der Waals surface area contributed by atoms with Gasteiger partial charge in [-0.15, -0.1) is 0 Å². The number of halogens is 1. The molecule has 84 valence electrons. The van der Waals surface area contributed by atoms with Gasteiger partial charge in [-0.25, -0.2) is 9.18 Å². The lowest BCUT2D eigenvalue weighted by atomic mass is 10.1. The van der Waals surface area contributed by atoms with Crippen LogP contribution in [-0.4, -0.2) is 26.9 Å². The van der Waals surface area contributed by atoms with Crippen molar-refractivity contribution in [1.82, 2.24) is 0 Å². The zero-order chi connectivity index (χ0) is 12.5. The third-order valence-corrected chi connectivity index (χ3v) is 1.70. The Balaban J connectivity index is 3.44. The molecule has 1 rings (SSSR count). The molecule has 16 heavy (non-hydrogen) atoms. The summed E-state index contributed by atoms with van der Waals surface area (Å²) in [7, 11) is 0. The summed E-state index contributed by atoms with van der Waals surface area (Å²) in [5.74, 6) is -6.23. The van der Waals surface area contributed by atoms with Gasteiger partial charge in [-0.3, -0.25) is 14.9 Å². The average molecular weight is 229 g/mol. The van der Waals surface area contributed by atoms with E-state index in [9.17, 15) is 24.1 Å². The first kappa shape index (κ1) is 11.6. The lowest BCUT2D eigenvalue weighted by Crippen LogP contribution is -2.13. The van der Waals surface area contributed by atoms with Gasteiger partial charge in [-0.2, -0.15) is 0 Å². The molecule has 0 spiro atoms. The van der Waals surface area contributed by atoms with Crippen molar-refractivity contribution in [1.29, 1.82) is 0 Å². The Hall–Kier alpha value is -2.51. The van der Waals surface area contributed by atoms with Crippen molar-refractivity contribution in [3.05, 3.63) is 33.6 Å². The lowest BCUT2D eigenvalue weighted by Gasteiger charge is -2.01. The molecule has 7 nitrogen and oxygen atoms in total. The van der Waals surface area contributed by atoms with Crippen LogP contribution in [0.3, 0.4) is 0 Å². The molecule has 0 saturated heterocycles. The first-order valence-electron chi connectivity index (χ1n) is 3.79. The maximum absolute atomic E-state index is 12.9. The average Bonchev–Trinajstić information content (AvgIpc) is 2.20. The Morgan fingerprint density at radius 3 is 2.38 bits per heavy atom. The second-order valence-electron chi connectivity index (χ2n) is 2.72. The highest BCUT2D eigenvalue weighted by atomic mass is 19.1. The molecule has 0 heterocycles. The number of aliphatic carboxylic acids is 1. The fourth-order valence-electron chi connectivity index (χ4n) is 0.978. The molecule has 0 fully saturated rings. The Morgan fingerprint density at radius 1 is 1.38 bits per heavy atom. The van der Waals surface area contributed by atoms with Gasteiger partial charge >= 0.3 is 5.97 Å². The predicted molar refractivity (Wildman–Crippen MR) is 46.7 cm³/mol. The van der Waals surface area contributed by atoms with E-state index in [-0.39, 0.29) is 0 Å². The van der Waals surface area contributed by atoms with Crippen LogP contribution in [0.15, 0.2) is 12.1 Å². The van der Waals surface area contributed by atoms with Crippen LogP contribution >= 0.6 is 0 Å². The van der Waals surface area contributed by atoms with Crippen LogP contribution in [0.5, 0.6) is 5.75 Å². The largest absolute Gasteiger partial charge is 0.504 e. The molecule has 0 aliphatic heterocycles. The molecule has 2 N–H and O–H groups in total. The van der Waals surface area contributed by atoms with Crippen LogP contribution in [0.25, 0.3) is 0 Å². The Kier molecular flexibility index (Phi) is 2.84. The number of nitro groups is 1. The summed E-state index contributed by atoms with van der Waals surface area (Å²) in [4.78, 5) is 30.5. The van der Waals surface area contributed by atoms with Gasteiger partial charge in [0, 0.05) is 6.07 Å². The number of benzene rings is 1. The SMILES string of the molecule is O=C(O)C(=O)c1cc([N+](=O)[O-])cc(F)c1O. The Morgan fingerprint density at radius 2 is 1.94 bits per heavy atom. The monoisotopic (exact) mass is 229 g/mol. The number of aromatic hydroxyl groups is 1. The summed E-state index contributed by atoms with van der Waals surface area (Å²) >= 11 is 0. The third-order valence-electron chi connectivity index (χ3n) is 1.70. The van der Waals surface area contributed by atoms with E-state index in [1.807, 2.05) is 0 Å². The molecule has 0 atom stereocenters. The molecule has 0 radical (unpaired) electrons. The van der Waals surface area contributed by atoms with Gasteiger partial charge in [0.1, 0.15) is 0 Å². The lowest BCUT2D eigenvalue weighted by molar-refractivity contribution is -0.385. The molecular formula is C8H4FNO6. The van der Waals surface area contributed by atoms with Crippen LogP contribution in [0.2, 0.25) is 0 Å². The van der Waals surface area contributed by atoms with Crippen molar-refractivity contribution in [2.75, 3.05) is 0 Å². The van der Waals surface area contributed by atoms with E-state index in [0.29, 0.717) is 12.1 Å². The number of carbonyl (C=O) groups is 2.